The van der Waals surface area contributed by atoms with E-state index in [2.05, 4.69) is 92.8 Å². The molecule has 124 valence electrons. The maximum Gasteiger partial charge on any atom is 0.0281 e. The number of allylic oxidation sites excluding steroid dienone is 8. The smallest absolute Gasteiger partial charge is 0.0281 e. The van der Waals surface area contributed by atoms with E-state index in [1.165, 1.54) is 39.0 Å². The fraction of sp³-hybridized carbons (Fsp3) is 0.200. The van der Waals surface area contributed by atoms with Gasteiger partial charge in [-0.2, -0.15) is 0 Å². The average molecular weight is 324 g/mol. The van der Waals surface area contributed by atoms with E-state index in [1.54, 1.807) is 0 Å². The molecule has 2 aliphatic carbocycles. The van der Waals surface area contributed by atoms with Crippen molar-refractivity contribution in [3.8, 4) is 0 Å². The third-order valence-corrected chi connectivity index (χ3v) is 5.30. The van der Waals surface area contributed by atoms with Crippen LogP contribution in [0.2, 0.25) is 0 Å². The first-order valence-corrected chi connectivity index (χ1v) is 9.19. The quantitative estimate of drug-likeness (QED) is 0.625. The van der Waals surface area contributed by atoms with E-state index >= 15 is 0 Å². The standard InChI is InChI=1S/C25H24/c1-3-19-11-13-21(14-12-19)24-16-15-22(23-5-4-6-25(23)24)17-20-9-7-18(2)8-10-20/h4-16,25H,3,17H2,1-2H3. The molecule has 2 aliphatic rings. The van der Waals surface area contributed by atoms with Gasteiger partial charge in [0, 0.05) is 5.92 Å². The molecule has 0 aliphatic heterocycles. The number of benzene rings is 2. The summed E-state index contributed by atoms with van der Waals surface area (Å²) in [7, 11) is 0. The van der Waals surface area contributed by atoms with Gasteiger partial charge in [0.05, 0.1) is 0 Å². The third-order valence-electron chi connectivity index (χ3n) is 5.30. The molecule has 0 saturated heterocycles. The molecule has 0 fully saturated rings. The van der Waals surface area contributed by atoms with Crippen molar-refractivity contribution in [3.63, 3.8) is 0 Å². The molecule has 0 radical (unpaired) electrons. The lowest BCUT2D eigenvalue weighted by atomic mass is 9.79. The monoisotopic (exact) mass is 324 g/mol. The Morgan fingerprint density at radius 2 is 1.48 bits per heavy atom. The number of hydrogen-bond acceptors (Lipinski definition) is 0. The van der Waals surface area contributed by atoms with Gasteiger partial charge < -0.3 is 0 Å². The van der Waals surface area contributed by atoms with Crippen LogP contribution in [-0.4, -0.2) is 0 Å². The summed E-state index contributed by atoms with van der Waals surface area (Å²) in [5, 5.41) is 0. The van der Waals surface area contributed by atoms with Crippen molar-refractivity contribution in [1.29, 1.82) is 0 Å². The fourth-order valence-electron chi connectivity index (χ4n) is 3.74. The Morgan fingerprint density at radius 1 is 0.760 bits per heavy atom. The first-order chi connectivity index (χ1) is 12.2. The summed E-state index contributed by atoms with van der Waals surface area (Å²) < 4.78 is 0. The number of rotatable bonds is 4. The van der Waals surface area contributed by atoms with Gasteiger partial charge in [-0.1, -0.05) is 91.4 Å². The van der Waals surface area contributed by atoms with Crippen LogP contribution in [0.25, 0.3) is 5.57 Å². The first kappa shape index (κ1) is 15.9. The van der Waals surface area contributed by atoms with Crippen LogP contribution in [0.4, 0.5) is 0 Å². The second-order valence-electron chi connectivity index (χ2n) is 7.01. The maximum atomic E-state index is 2.33. The second-order valence-corrected chi connectivity index (χ2v) is 7.01. The Morgan fingerprint density at radius 3 is 2.20 bits per heavy atom. The molecule has 0 heterocycles. The van der Waals surface area contributed by atoms with Crippen molar-refractivity contribution in [3.05, 3.63) is 112 Å². The molecule has 0 nitrogen and oxygen atoms in total. The summed E-state index contributed by atoms with van der Waals surface area (Å²) in [6, 6.07) is 17.9. The number of hydrogen-bond donors (Lipinski definition) is 0. The van der Waals surface area contributed by atoms with Crippen LogP contribution in [0.1, 0.15) is 29.2 Å². The molecule has 0 N–H and O–H groups in total. The van der Waals surface area contributed by atoms with E-state index in [0.29, 0.717) is 5.92 Å². The first-order valence-electron chi connectivity index (χ1n) is 9.19. The fourth-order valence-corrected chi connectivity index (χ4v) is 3.74. The Kier molecular flexibility index (Phi) is 4.28. The molecule has 1 unspecified atom stereocenters. The summed E-state index contributed by atoms with van der Waals surface area (Å²) in [5.74, 6) is 0.401. The highest BCUT2D eigenvalue weighted by Gasteiger charge is 2.25. The van der Waals surface area contributed by atoms with Crippen molar-refractivity contribution in [1.82, 2.24) is 0 Å². The minimum Gasteiger partial charge on any atom is -0.0726 e. The largest absolute Gasteiger partial charge is 0.0726 e. The number of aryl methyl sites for hydroxylation is 2. The summed E-state index contributed by atoms with van der Waals surface area (Å²) in [4.78, 5) is 0. The molecule has 4 rings (SSSR count). The molecular formula is C25H24. The van der Waals surface area contributed by atoms with Crippen LogP contribution >= 0.6 is 0 Å². The molecule has 25 heavy (non-hydrogen) atoms. The highest BCUT2D eigenvalue weighted by molar-refractivity contribution is 5.78. The molecule has 2 aromatic carbocycles. The third kappa shape index (κ3) is 3.17. The SMILES string of the molecule is CCc1ccc(C2=CC=C(Cc3ccc(C)cc3)C3=CC=CC32)cc1. The topological polar surface area (TPSA) is 0 Å². The molecule has 0 heteroatoms. The van der Waals surface area contributed by atoms with Gasteiger partial charge in [-0.15, -0.1) is 0 Å². The van der Waals surface area contributed by atoms with E-state index in [4.69, 9.17) is 0 Å². The van der Waals surface area contributed by atoms with E-state index in [0.717, 1.165) is 12.8 Å². The van der Waals surface area contributed by atoms with E-state index < -0.39 is 0 Å². The zero-order valence-corrected chi connectivity index (χ0v) is 15.0. The Balaban J connectivity index is 1.65. The van der Waals surface area contributed by atoms with E-state index in [1.807, 2.05) is 0 Å². The van der Waals surface area contributed by atoms with Crippen LogP contribution in [0.5, 0.6) is 0 Å². The highest BCUT2D eigenvalue weighted by atomic mass is 14.3. The van der Waals surface area contributed by atoms with Gasteiger partial charge in [0.15, 0.2) is 0 Å². The second kappa shape index (κ2) is 6.72. The molecule has 1 atom stereocenters. The summed E-state index contributed by atoms with van der Waals surface area (Å²) in [6.45, 7) is 4.34. The maximum absolute atomic E-state index is 2.33. The predicted molar refractivity (Wildman–Crippen MR) is 107 cm³/mol. The summed E-state index contributed by atoms with van der Waals surface area (Å²) in [6.07, 6.45) is 13.6. The minimum atomic E-state index is 0.401. The highest BCUT2D eigenvalue weighted by Crippen LogP contribution is 2.41. The van der Waals surface area contributed by atoms with Gasteiger partial charge >= 0.3 is 0 Å². The van der Waals surface area contributed by atoms with Crippen LogP contribution in [-0.2, 0) is 12.8 Å². The molecule has 2 aromatic rings. The molecular weight excluding hydrogens is 300 g/mol. The summed E-state index contributed by atoms with van der Waals surface area (Å²) in [5.41, 5.74) is 9.74. The predicted octanol–water partition coefficient (Wildman–Crippen LogP) is 6.24. The van der Waals surface area contributed by atoms with Crippen LogP contribution in [0.15, 0.2) is 90.1 Å². The van der Waals surface area contributed by atoms with Gasteiger partial charge in [0.1, 0.15) is 0 Å². The normalized spacial score (nSPS) is 18.5. The van der Waals surface area contributed by atoms with Gasteiger partial charge in [-0.3, -0.25) is 0 Å². The lowest BCUT2D eigenvalue weighted by molar-refractivity contribution is 0.971. The molecule has 0 amide bonds. The van der Waals surface area contributed by atoms with Crippen LogP contribution < -0.4 is 0 Å². The molecule has 0 aromatic heterocycles. The Labute approximate surface area is 150 Å². The van der Waals surface area contributed by atoms with Crippen molar-refractivity contribution in [2.45, 2.75) is 26.7 Å². The molecule has 0 bridgehead atoms. The van der Waals surface area contributed by atoms with Gasteiger partial charge in [0.2, 0.25) is 0 Å². The van der Waals surface area contributed by atoms with E-state index in [9.17, 15) is 0 Å². The molecule has 0 saturated carbocycles. The minimum absolute atomic E-state index is 0.401. The van der Waals surface area contributed by atoms with Crippen molar-refractivity contribution in [2.75, 3.05) is 0 Å². The van der Waals surface area contributed by atoms with Gasteiger partial charge in [-0.05, 0) is 53.2 Å². The molecule has 0 spiro atoms. The van der Waals surface area contributed by atoms with Gasteiger partial charge in [-0.25, -0.2) is 0 Å². The van der Waals surface area contributed by atoms with Crippen molar-refractivity contribution < 1.29 is 0 Å². The van der Waals surface area contributed by atoms with Crippen molar-refractivity contribution in [2.24, 2.45) is 5.92 Å². The van der Waals surface area contributed by atoms with E-state index in [-0.39, 0.29) is 0 Å². The number of fused-ring (bicyclic) bond motifs is 1. The average Bonchev–Trinajstić information content (AvgIpc) is 3.14. The van der Waals surface area contributed by atoms with Crippen LogP contribution in [0.3, 0.4) is 0 Å². The van der Waals surface area contributed by atoms with Gasteiger partial charge in [0.25, 0.3) is 0 Å². The summed E-state index contributed by atoms with van der Waals surface area (Å²) >= 11 is 0. The van der Waals surface area contributed by atoms with Crippen LogP contribution in [0, 0.1) is 12.8 Å². The van der Waals surface area contributed by atoms with Crippen molar-refractivity contribution >= 4 is 5.57 Å². The zero-order valence-electron chi connectivity index (χ0n) is 15.0. The lowest BCUT2D eigenvalue weighted by Crippen LogP contribution is -2.10. The lowest BCUT2D eigenvalue weighted by Gasteiger charge is -2.24. The zero-order chi connectivity index (χ0) is 17.2. The Hall–Kier alpha value is -2.60. The Bertz CT molecular complexity index is 884.